The third kappa shape index (κ3) is 7.12. The van der Waals surface area contributed by atoms with Gasteiger partial charge >= 0.3 is 6.09 Å². The molecule has 4 aliphatic rings. The molecule has 0 fully saturated rings. The van der Waals surface area contributed by atoms with Crippen molar-refractivity contribution in [2.45, 2.75) is 49.9 Å². The predicted molar refractivity (Wildman–Crippen MR) is 217 cm³/mol. The maximum absolute atomic E-state index is 14.0. The summed E-state index contributed by atoms with van der Waals surface area (Å²) in [7, 11) is 3.06. The van der Waals surface area contributed by atoms with E-state index in [1.807, 2.05) is 56.5 Å². The van der Waals surface area contributed by atoms with Crippen molar-refractivity contribution >= 4 is 71.4 Å². The van der Waals surface area contributed by atoms with Crippen LogP contribution < -0.4 is 34.1 Å². The van der Waals surface area contributed by atoms with Gasteiger partial charge in [0.2, 0.25) is 0 Å². The number of nitrogens with one attached hydrogen (secondary N) is 1. The van der Waals surface area contributed by atoms with Crippen molar-refractivity contribution in [3.8, 4) is 23.0 Å². The number of thiol groups is 1. The second-order valence-corrected chi connectivity index (χ2v) is 15.7. The first kappa shape index (κ1) is 36.9. The van der Waals surface area contributed by atoms with Crippen LogP contribution in [0.4, 0.5) is 33.2 Å². The van der Waals surface area contributed by atoms with Crippen molar-refractivity contribution < 1.29 is 38.1 Å². The van der Waals surface area contributed by atoms with Crippen molar-refractivity contribution in [3.63, 3.8) is 0 Å². The van der Waals surface area contributed by atoms with E-state index >= 15 is 0 Å². The molecule has 0 saturated heterocycles. The number of aliphatic imine (C=N–C) groups is 2. The number of carbonyl (C=O) groups excluding carboxylic acids is 3. The first-order chi connectivity index (χ1) is 27.0. The number of carbonyl (C=O) groups is 3. The molecule has 4 aliphatic heterocycles. The SMILES string of the molecule is COc1cc2c(cc1OCCCOc1cc3c(cc1OC)C(=O)N1c4ccc(NC(=O)OCC(C)(C)S)cc4C[C@H]1C=N3)N=C[C@@H]1Cc3ccccc3N1C2=O. The first-order valence-electron chi connectivity index (χ1n) is 18.3. The van der Waals surface area contributed by atoms with Gasteiger partial charge in [-0.25, -0.2) is 4.79 Å². The van der Waals surface area contributed by atoms with Crippen LogP contribution in [0.5, 0.6) is 23.0 Å². The molecule has 0 aliphatic carbocycles. The van der Waals surface area contributed by atoms with Crippen LogP contribution >= 0.6 is 12.6 Å². The van der Waals surface area contributed by atoms with Gasteiger partial charge in [0.25, 0.3) is 11.8 Å². The van der Waals surface area contributed by atoms with Gasteiger partial charge < -0.3 is 23.7 Å². The average molecular weight is 776 g/mol. The minimum Gasteiger partial charge on any atom is -0.493 e. The molecular weight excluding hydrogens is 735 g/mol. The lowest BCUT2D eigenvalue weighted by atomic mass is 10.1. The van der Waals surface area contributed by atoms with E-state index in [4.69, 9.17) is 28.7 Å². The van der Waals surface area contributed by atoms with E-state index in [2.05, 4.69) is 22.9 Å². The standard InChI is InChI=1S/C42H41N5O8S/c1-42(2,56)23-55-41(50)45-26-10-11-34-25(14-26)16-28-22-44-32-20-38(36(52-4)18-30(32)40(49)47(28)34)54-13-7-12-53-37-19-31-29(17-35(37)51-3)39(48)46-27(21-43-31)15-24-8-5-6-9-33(24)46/h5-6,8-11,14,17-22,27-28,56H,7,12-13,15-16,23H2,1-4H3,(H,45,50)/t27-,28-/m0/s1. The molecule has 0 saturated carbocycles. The molecule has 0 bridgehead atoms. The van der Waals surface area contributed by atoms with Crippen LogP contribution in [0.15, 0.2) is 76.7 Å². The Kier molecular flexibility index (Phi) is 9.83. The Hall–Kier alpha value is -6.02. The van der Waals surface area contributed by atoms with E-state index in [1.54, 1.807) is 46.3 Å². The zero-order valence-corrected chi connectivity index (χ0v) is 32.3. The molecule has 3 amide bonds. The van der Waals surface area contributed by atoms with Gasteiger partial charge in [0, 0.05) is 65.6 Å². The van der Waals surface area contributed by atoms with Crippen molar-refractivity contribution in [3.05, 3.63) is 89.0 Å². The minimum atomic E-state index is -0.574. The van der Waals surface area contributed by atoms with Crippen LogP contribution in [0.25, 0.3) is 0 Å². The summed E-state index contributed by atoms with van der Waals surface area (Å²) in [5, 5.41) is 2.75. The maximum Gasteiger partial charge on any atom is 0.411 e. The molecule has 8 rings (SSSR count). The van der Waals surface area contributed by atoms with Crippen LogP contribution in [-0.2, 0) is 17.6 Å². The minimum absolute atomic E-state index is 0.131. The molecule has 2 atom stereocenters. The zero-order chi connectivity index (χ0) is 39.1. The van der Waals surface area contributed by atoms with Crippen LogP contribution in [0.3, 0.4) is 0 Å². The summed E-state index contributed by atoms with van der Waals surface area (Å²) >= 11 is 4.39. The summed E-state index contributed by atoms with van der Waals surface area (Å²) in [4.78, 5) is 53.0. The Balaban J connectivity index is 0.907. The lowest BCUT2D eigenvalue weighted by molar-refractivity contribution is 0.0978. The third-order valence-electron chi connectivity index (χ3n) is 9.95. The van der Waals surface area contributed by atoms with E-state index in [0.29, 0.717) is 77.1 Å². The molecule has 0 radical (unpaired) electrons. The van der Waals surface area contributed by atoms with Gasteiger partial charge in [-0.05, 0) is 61.4 Å². The molecule has 4 aromatic carbocycles. The number of hydrogen-bond acceptors (Lipinski definition) is 11. The van der Waals surface area contributed by atoms with Gasteiger partial charge in [-0.2, -0.15) is 12.6 Å². The van der Waals surface area contributed by atoms with Crippen LogP contribution in [0.2, 0.25) is 0 Å². The second kappa shape index (κ2) is 14.9. The van der Waals surface area contributed by atoms with E-state index in [0.717, 1.165) is 22.5 Å². The summed E-state index contributed by atoms with van der Waals surface area (Å²) < 4.78 is 28.4. The van der Waals surface area contributed by atoms with E-state index in [-0.39, 0.29) is 37.1 Å². The quantitative estimate of drug-likeness (QED) is 0.119. The molecule has 0 unspecified atom stereocenters. The fourth-order valence-corrected chi connectivity index (χ4v) is 7.40. The van der Waals surface area contributed by atoms with Gasteiger partial charge in [0.1, 0.15) is 6.61 Å². The molecular formula is C42H41N5O8S. The highest BCUT2D eigenvalue weighted by molar-refractivity contribution is 7.81. The largest absolute Gasteiger partial charge is 0.493 e. The Morgan fingerprint density at radius 1 is 0.768 bits per heavy atom. The highest BCUT2D eigenvalue weighted by Gasteiger charge is 2.38. The first-order valence-corrected chi connectivity index (χ1v) is 18.8. The lowest BCUT2D eigenvalue weighted by Crippen LogP contribution is -2.37. The molecule has 4 aromatic rings. The number of fused-ring (bicyclic) bond motifs is 8. The number of ether oxygens (including phenoxy) is 5. The smallest absolute Gasteiger partial charge is 0.411 e. The number of anilines is 3. The molecule has 14 heteroatoms. The van der Waals surface area contributed by atoms with Crippen LogP contribution in [-0.4, -0.2) is 81.2 Å². The number of amides is 3. The van der Waals surface area contributed by atoms with Gasteiger partial charge in [-0.1, -0.05) is 18.2 Å². The summed E-state index contributed by atoms with van der Waals surface area (Å²) in [5.41, 5.74) is 6.05. The van der Waals surface area contributed by atoms with Crippen LogP contribution in [0, 0.1) is 0 Å². The number of methoxy groups -OCH3 is 2. The highest BCUT2D eigenvalue weighted by Crippen LogP contribution is 2.43. The number of benzene rings is 4. The van der Waals surface area contributed by atoms with Gasteiger partial charge in [0.05, 0.1) is 62.0 Å². The fraction of sp³-hybridized carbons (Fsp3) is 0.310. The molecule has 0 spiro atoms. The van der Waals surface area contributed by atoms with E-state index in [1.165, 1.54) is 14.2 Å². The van der Waals surface area contributed by atoms with Crippen molar-refractivity contribution in [2.24, 2.45) is 9.98 Å². The monoisotopic (exact) mass is 775 g/mol. The Morgan fingerprint density at radius 3 is 1.89 bits per heavy atom. The number of hydrogen-bond donors (Lipinski definition) is 2. The molecule has 56 heavy (non-hydrogen) atoms. The highest BCUT2D eigenvalue weighted by atomic mass is 32.1. The Labute approximate surface area is 329 Å². The van der Waals surface area contributed by atoms with E-state index in [9.17, 15) is 14.4 Å². The second-order valence-electron chi connectivity index (χ2n) is 14.5. The van der Waals surface area contributed by atoms with Crippen molar-refractivity contribution in [1.82, 2.24) is 0 Å². The maximum atomic E-state index is 14.0. The lowest BCUT2D eigenvalue weighted by Gasteiger charge is -2.22. The molecule has 1 N–H and O–H groups in total. The van der Waals surface area contributed by atoms with Gasteiger partial charge in [0.15, 0.2) is 23.0 Å². The van der Waals surface area contributed by atoms with Crippen molar-refractivity contribution in [2.75, 3.05) is 49.2 Å². The number of para-hydroxylation sites is 1. The molecule has 13 nitrogen and oxygen atoms in total. The summed E-state index contributed by atoms with van der Waals surface area (Å²) in [6, 6.07) is 19.6. The summed E-state index contributed by atoms with van der Waals surface area (Å²) in [6.45, 7) is 4.44. The Bertz CT molecular complexity index is 2300. The number of rotatable bonds is 11. The zero-order valence-electron chi connectivity index (χ0n) is 31.4. The summed E-state index contributed by atoms with van der Waals surface area (Å²) in [5.74, 6) is 1.39. The Morgan fingerprint density at radius 2 is 1.32 bits per heavy atom. The molecule has 4 heterocycles. The normalized spacial score (nSPS) is 17.4. The van der Waals surface area contributed by atoms with Crippen LogP contribution in [0.1, 0.15) is 52.1 Å². The molecule has 288 valence electrons. The van der Waals surface area contributed by atoms with E-state index < -0.39 is 10.8 Å². The van der Waals surface area contributed by atoms with Crippen molar-refractivity contribution in [1.29, 1.82) is 0 Å². The van der Waals surface area contributed by atoms with Gasteiger partial charge in [-0.15, -0.1) is 0 Å². The third-order valence-corrected chi connectivity index (χ3v) is 10.1. The topological polar surface area (TPSA) is 141 Å². The fourth-order valence-electron chi connectivity index (χ4n) is 7.34. The van der Waals surface area contributed by atoms with Gasteiger partial charge in [-0.3, -0.25) is 34.7 Å². The number of nitrogens with zero attached hydrogens (tertiary/aromatic N) is 4. The predicted octanol–water partition coefficient (Wildman–Crippen LogP) is 7.38. The molecule has 0 aromatic heterocycles. The summed E-state index contributed by atoms with van der Waals surface area (Å²) in [6.07, 6.45) is 4.75. The average Bonchev–Trinajstić information content (AvgIpc) is 3.67.